The number of carbonyl (C=O) groups is 1. The zero-order valence-electron chi connectivity index (χ0n) is 10.2. The predicted octanol–water partition coefficient (Wildman–Crippen LogP) is 2.34. The van der Waals surface area contributed by atoms with Crippen molar-refractivity contribution in [2.75, 3.05) is 13.7 Å². The molecule has 0 aliphatic rings. The predicted molar refractivity (Wildman–Crippen MR) is 65.0 cm³/mol. The Balaban J connectivity index is 2.90. The molecule has 0 saturated carbocycles. The van der Waals surface area contributed by atoms with E-state index in [0.29, 0.717) is 5.56 Å². The molecule has 1 aromatic rings. The first-order chi connectivity index (χ1) is 8.54. The van der Waals surface area contributed by atoms with Crippen molar-refractivity contribution >= 4 is 12.0 Å². The maximum Gasteiger partial charge on any atom is 0.328 e. The van der Waals surface area contributed by atoms with Crippen LogP contribution >= 0.6 is 0 Å². The molecule has 0 fully saturated rings. The lowest BCUT2D eigenvalue weighted by molar-refractivity contribution is -0.131. The molecule has 0 aromatic heterocycles. The molecule has 0 bridgehead atoms. The number of hydrogen-bond donors (Lipinski definition) is 1. The molecule has 1 unspecified atom stereocenters. The molecule has 1 atom stereocenters. The van der Waals surface area contributed by atoms with E-state index in [9.17, 15) is 9.18 Å². The van der Waals surface area contributed by atoms with E-state index in [1.54, 1.807) is 13.0 Å². The lowest BCUT2D eigenvalue weighted by atomic mass is 10.2. The molecule has 18 heavy (non-hydrogen) atoms. The first-order valence-electron chi connectivity index (χ1n) is 5.39. The van der Waals surface area contributed by atoms with Crippen molar-refractivity contribution in [2.24, 2.45) is 0 Å². The van der Waals surface area contributed by atoms with Gasteiger partial charge in [0.15, 0.2) is 11.6 Å². The van der Waals surface area contributed by atoms with Crippen LogP contribution in [0.3, 0.4) is 0 Å². The fourth-order valence-corrected chi connectivity index (χ4v) is 1.24. The van der Waals surface area contributed by atoms with Crippen LogP contribution in [0, 0.1) is 5.82 Å². The first-order valence-corrected chi connectivity index (χ1v) is 5.39. The molecule has 1 N–H and O–H groups in total. The van der Waals surface area contributed by atoms with E-state index < -0.39 is 11.8 Å². The van der Waals surface area contributed by atoms with Gasteiger partial charge in [-0.05, 0) is 19.1 Å². The van der Waals surface area contributed by atoms with Gasteiger partial charge in [-0.25, -0.2) is 9.18 Å². The lowest BCUT2D eigenvalue weighted by Gasteiger charge is -2.13. The summed E-state index contributed by atoms with van der Waals surface area (Å²) in [4.78, 5) is 10.4. The van der Waals surface area contributed by atoms with Crippen LogP contribution in [0.1, 0.15) is 12.5 Å². The lowest BCUT2D eigenvalue weighted by Crippen LogP contribution is -2.16. The van der Waals surface area contributed by atoms with Gasteiger partial charge < -0.3 is 14.6 Å². The summed E-state index contributed by atoms with van der Waals surface area (Å²) in [6.45, 7) is 1.97. The Morgan fingerprint density at radius 1 is 1.56 bits per heavy atom. The summed E-state index contributed by atoms with van der Waals surface area (Å²) in [5, 5.41) is 8.55. The zero-order valence-corrected chi connectivity index (χ0v) is 10.2. The Kier molecular flexibility index (Phi) is 5.32. The van der Waals surface area contributed by atoms with Gasteiger partial charge in [-0.15, -0.1) is 0 Å². The average molecular weight is 254 g/mol. The molecule has 0 amide bonds. The number of rotatable bonds is 6. The maximum atomic E-state index is 13.6. The summed E-state index contributed by atoms with van der Waals surface area (Å²) in [5.41, 5.74) is 0.376. The van der Waals surface area contributed by atoms with Crippen LogP contribution in [0.4, 0.5) is 4.39 Å². The summed E-state index contributed by atoms with van der Waals surface area (Å²) in [5.74, 6) is -1.61. The van der Waals surface area contributed by atoms with E-state index in [0.717, 1.165) is 6.08 Å². The molecule has 0 radical (unpaired) electrons. The SMILES string of the molecule is COC(C)COc1c(F)cccc1/C=C/C(=O)O. The number of halogens is 1. The van der Waals surface area contributed by atoms with E-state index in [1.165, 1.54) is 25.3 Å². The van der Waals surface area contributed by atoms with Crippen molar-refractivity contribution in [1.82, 2.24) is 0 Å². The number of para-hydroxylation sites is 1. The molecule has 0 heterocycles. The molecule has 4 nitrogen and oxygen atoms in total. The Labute approximate surface area is 105 Å². The molecule has 0 aliphatic heterocycles. The number of carboxylic acids is 1. The van der Waals surface area contributed by atoms with Gasteiger partial charge in [-0.1, -0.05) is 12.1 Å². The number of ether oxygens (including phenoxy) is 2. The molecular formula is C13H15FO4. The normalized spacial score (nSPS) is 12.6. The fourth-order valence-electron chi connectivity index (χ4n) is 1.24. The number of benzene rings is 1. The number of aliphatic carboxylic acids is 1. The van der Waals surface area contributed by atoms with Crippen LogP contribution in [0.5, 0.6) is 5.75 Å². The smallest absolute Gasteiger partial charge is 0.328 e. The summed E-state index contributed by atoms with van der Waals surface area (Å²) in [6.07, 6.45) is 2.04. The van der Waals surface area contributed by atoms with Gasteiger partial charge in [0.25, 0.3) is 0 Å². The standard InChI is InChI=1S/C13H15FO4/c1-9(17-2)8-18-13-10(6-7-12(15)16)4-3-5-11(13)14/h3-7,9H,8H2,1-2H3,(H,15,16)/b7-6+. The van der Waals surface area contributed by atoms with Crippen molar-refractivity contribution in [3.8, 4) is 5.75 Å². The largest absolute Gasteiger partial charge is 0.487 e. The Hall–Kier alpha value is -1.88. The minimum Gasteiger partial charge on any atom is -0.487 e. The number of hydrogen-bond acceptors (Lipinski definition) is 3. The average Bonchev–Trinajstić information content (AvgIpc) is 2.34. The van der Waals surface area contributed by atoms with Crippen molar-refractivity contribution in [3.63, 3.8) is 0 Å². The highest BCUT2D eigenvalue weighted by Gasteiger charge is 2.10. The number of carboxylic acid groups (broad SMARTS) is 1. The van der Waals surface area contributed by atoms with Gasteiger partial charge in [0, 0.05) is 18.7 Å². The topological polar surface area (TPSA) is 55.8 Å². The van der Waals surface area contributed by atoms with E-state index >= 15 is 0 Å². The Bertz CT molecular complexity index is 443. The van der Waals surface area contributed by atoms with E-state index in [2.05, 4.69) is 0 Å². The van der Waals surface area contributed by atoms with Gasteiger partial charge in [0.2, 0.25) is 0 Å². The van der Waals surface area contributed by atoms with Crippen LogP contribution in [-0.4, -0.2) is 30.9 Å². The first kappa shape index (κ1) is 14.2. The quantitative estimate of drug-likeness (QED) is 0.792. The molecule has 0 saturated heterocycles. The number of methoxy groups -OCH3 is 1. The van der Waals surface area contributed by atoms with E-state index in [4.69, 9.17) is 14.6 Å². The Morgan fingerprint density at radius 3 is 2.89 bits per heavy atom. The minimum absolute atomic E-state index is 0.0268. The molecule has 1 aromatic carbocycles. The van der Waals surface area contributed by atoms with Crippen molar-refractivity contribution in [3.05, 3.63) is 35.7 Å². The fraction of sp³-hybridized carbons (Fsp3) is 0.308. The summed E-state index contributed by atoms with van der Waals surface area (Å²) in [6, 6.07) is 4.32. The second-order valence-electron chi connectivity index (χ2n) is 3.69. The van der Waals surface area contributed by atoms with Crippen molar-refractivity contribution in [1.29, 1.82) is 0 Å². The van der Waals surface area contributed by atoms with Crippen LogP contribution in [0.15, 0.2) is 24.3 Å². The highest BCUT2D eigenvalue weighted by molar-refractivity contribution is 5.85. The third kappa shape index (κ3) is 4.18. The second kappa shape index (κ2) is 6.76. The minimum atomic E-state index is -1.10. The highest BCUT2D eigenvalue weighted by atomic mass is 19.1. The van der Waals surface area contributed by atoms with Gasteiger partial charge >= 0.3 is 5.97 Å². The van der Waals surface area contributed by atoms with Gasteiger partial charge in [0.05, 0.1) is 6.10 Å². The Morgan fingerprint density at radius 2 is 2.28 bits per heavy atom. The molecule has 1 rings (SSSR count). The van der Waals surface area contributed by atoms with Crippen LogP contribution in [-0.2, 0) is 9.53 Å². The van der Waals surface area contributed by atoms with Crippen LogP contribution in [0.25, 0.3) is 6.08 Å². The third-order valence-electron chi connectivity index (χ3n) is 2.27. The van der Waals surface area contributed by atoms with Crippen LogP contribution in [0.2, 0.25) is 0 Å². The highest BCUT2D eigenvalue weighted by Crippen LogP contribution is 2.24. The summed E-state index contributed by atoms with van der Waals surface area (Å²) in [7, 11) is 1.53. The molecule has 0 spiro atoms. The van der Waals surface area contributed by atoms with Crippen molar-refractivity contribution in [2.45, 2.75) is 13.0 Å². The molecule has 0 aliphatic carbocycles. The molecule has 98 valence electrons. The molecular weight excluding hydrogens is 239 g/mol. The molecule has 5 heteroatoms. The van der Waals surface area contributed by atoms with Crippen LogP contribution < -0.4 is 4.74 Å². The van der Waals surface area contributed by atoms with Crippen molar-refractivity contribution < 1.29 is 23.8 Å². The zero-order chi connectivity index (χ0) is 13.5. The van der Waals surface area contributed by atoms with Gasteiger partial charge in [-0.2, -0.15) is 0 Å². The van der Waals surface area contributed by atoms with E-state index in [-0.39, 0.29) is 18.5 Å². The van der Waals surface area contributed by atoms with E-state index in [1.807, 2.05) is 0 Å². The third-order valence-corrected chi connectivity index (χ3v) is 2.27. The maximum absolute atomic E-state index is 13.6. The van der Waals surface area contributed by atoms with Gasteiger partial charge in [-0.3, -0.25) is 0 Å². The summed E-state index contributed by atoms with van der Waals surface area (Å²) < 4.78 is 23.9. The second-order valence-corrected chi connectivity index (χ2v) is 3.69. The van der Waals surface area contributed by atoms with Gasteiger partial charge in [0.1, 0.15) is 6.61 Å². The summed E-state index contributed by atoms with van der Waals surface area (Å²) >= 11 is 0. The monoisotopic (exact) mass is 254 g/mol.